The van der Waals surface area contributed by atoms with Gasteiger partial charge in [-0.2, -0.15) is 0 Å². The minimum absolute atomic E-state index is 0.311. The monoisotopic (exact) mass is 470 g/mol. The highest BCUT2D eigenvalue weighted by Crippen LogP contribution is 2.30. The standard InChI is InChI=1S/C27H25F3O4/c28-27(29,30)34-24-14-10-21(11-15-24)22-12-16-25(23(19-22)13-17-26(31)32)33-18-6-2-5-9-20-7-3-1-4-8-20/h1,3-4,7-8,10-17,19H,2,5-6,9,18H2,(H,31,32). The maximum atomic E-state index is 12.4. The summed E-state index contributed by atoms with van der Waals surface area (Å²) in [5.74, 6) is -0.860. The molecule has 0 aliphatic carbocycles. The summed E-state index contributed by atoms with van der Waals surface area (Å²) in [6.07, 6.45) is 1.62. The van der Waals surface area contributed by atoms with Crippen molar-refractivity contribution in [3.8, 4) is 22.6 Å². The second-order valence-corrected chi connectivity index (χ2v) is 7.64. The summed E-state index contributed by atoms with van der Waals surface area (Å²) in [5, 5.41) is 9.01. The number of benzene rings is 3. The Balaban J connectivity index is 1.62. The first-order chi connectivity index (χ1) is 16.3. The average Bonchev–Trinajstić information content (AvgIpc) is 2.80. The van der Waals surface area contributed by atoms with Crippen LogP contribution in [0.15, 0.2) is 78.9 Å². The third kappa shape index (κ3) is 8.31. The van der Waals surface area contributed by atoms with E-state index in [1.807, 2.05) is 18.2 Å². The van der Waals surface area contributed by atoms with Gasteiger partial charge in [0.1, 0.15) is 11.5 Å². The number of hydrogen-bond donors (Lipinski definition) is 1. The second kappa shape index (κ2) is 11.9. The molecular weight excluding hydrogens is 445 g/mol. The topological polar surface area (TPSA) is 55.8 Å². The van der Waals surface area contributed by atoms with Gasteiger partial charge < -0.3 is 14.6 Å². The maximum absolute atomic E-state index is 12.4. The molecule has 0 saturated carbocycles. The van der Waals surface area contributed by atoms with Gasteiger partial charge in [-0.05, 0) is 72.7 Å². The lowest BCUT2D eigenvalue weighted by Crippen LogP contribution is -2.16. The number of carboxylic acid groups (broad SMARTS) is 1. The third-order valence-corrected chi connectivity index (χ3v) is 5.05. The van der Waals surface area contributed by atoms with Crippen molar-refractivity contribution in [2.45, 2.75) is 32.0 Å². The average molecular weight is 470 g/mol. The van der Waals surface area contributed by atoms with Crippen LogP contribution in [0.25, 0.3) is 17.2 Å². The van der Waals surface area contributed by atoms with E-state index in [0.29, 0.717) is 29.0 Å². The Morgan fingerprint density at radius 3 is 2.26 bits per heavy atom. The zero-order valence-electron chi connectivity index (χ0n) is 18.4. The molecule has 178 valence electrons. The first-order valence-electron chi connectivity index (χ1n) is 10.9. The first-order valence-corrected chi connectivity index (χ1v) is 10.9. The van der Waals surface area contributed by atoms with E-state index in [9.17, 15) is 18.0 Å². The van der Waals surface area contributed by atoms with Gasteiger partial charge in [-0.15, -0.1) is 13.2 Å². The van der Waals surface area contributed by atoms with E-state index in [1.165, 1.54) is 35.9 Å². The number of aliphatic carboxylic acids is 1. The van der Waals surface area contributed by atoms with E-state index in [4.69, 9.17) is 9.84 Å². The molecule has 7 heteroatoms. The molecule has 0 spiro atoms. The van der Waals surface area contributed by atoms with Crippen molar-refractivity contribution in [2.75, 3.05) is 6.61 Å². The molecular formula is C27H25F3O4. The van der Waals surface area contributed by atoms with Gasteiger partial charge in [-0.1, -0.05) is 48.5 Å². The van der Waals surface area contributed by atoms with Gasteiger partial charge in [0.15, 0.2) is 0 Å². The normalized spacial score (nSPS) is 11.5. The van der Waals surface area contributed by atoms with E-state index in [0.717, 1.165) is 31.8 Å². The Hall–Kier alpha value is -3.74. The number of alkyl halides is 3. The van der Waals surface area contributed by atoms with Crippen LogP contribution in [-0.4, -0.2) is 24.0 Å². The highest BCUT2D eigenvalue weighted by molar-refractivity contribution is 5.86. The van der Waals surface area contributed by atoms with Crippen LogP contribution in [0.5, 0.6) is 11.5 Å². The van der Waals surface area contributed by atoms with Crippen LogP contribution in [0, 0.1) is 0 Å². The van der Waals surface area contributed by atoms with Crippen molar-refractivity contribution in [1.29, 1.82) is 0 Å². The van der Waals surface area contributed by atoms with Crippen molar-refractivity contribution < 1.29 is 32.5 Å². The number of carbonyl (C=O) groups is 1. The Morgan fingerprint density at radius 1 is 0.882 bits per heavy atom. The van der Waals surface area contributed by atoms with Crippen LogP contribution in [0.2, 0.25) is 0 Å². The number of halogens is 3. The Morgan fingerprint density at radius 2 is 1.59 bits per heavy atom. The van der Waals surface area contributed by atoms with E-state index in [1.54, 1.807) is 18.2 Å². The van der Waals surface area contributed by atoms with Crippen molar-refractivity contribution in [2.24, 2.45) is 0 Å². The summed E-state index contributed by atoms with van der Waals surface area (Å²) in [6, 6.07) is 21.0. The van der Waals surface area contributed by atoms with E-state index < -0.39 is 12.3 Å². The van der Waals surface area contributed by atoms with Crippen LogP contribution < -0.4 is 9.47 Å². The highest BCUT2D eigenvalue weighted by atomic mass is 19.4. The Bertz CT molecular complexity index is 1090. The minimum Gasteiger partial charge on any atom is -0.493 e. The minimum atomic E-state index is -4.75. The lowest BCUT2D eigenvalue weighted by atomic mass is 10.0. The largest absolute Gasteiger partial charge is 0.573 e. The highest BCUT2D eigenvalue weighted by Gasteiger charge is 2.30. The maximum Gasteiger partial charge on any atom is 0.573 e. The fraction of sp³-hybridized carbons (Fsp3) is 0.222. The molecule has 0 heterocycles. The van der Waals surface area contributed by atoms with Gasteiger partial charge in [0.25, 0.3) is 0 Å². The molecule has 0 fully saturated rings. The number of rotatable bonds is 11. The van der Waals surface area contributed by atoms with Crippen LogP contribution in [0.3, 0.4) is 0 Å². The second-order valence-electron chi connectivity index (χ2n) is 7.64. The fourth-order valence-electron chi connectivity index (χ4n) is 3.43. The summed E-state index contributed by atoms with van der Waals surface area (Å²) in [7, 11) is 0. The van der Waals surface area contributed by atoms with Crippen molar-refractivity contribution in [3.05, 3.63) is 90.0 Å². The zero-order chi connectivity index (χ0) is 24.4. The number of unbranched alkanes of at least 4 members (excludes halogenated alkanes) is 2. The van der Waals surface area contributed by atoms with Crippen molar-refractivity contribution in [1.82, 2.24) is 0 Å². The lowest BCUT2D eigenvalue weighted by Gasteiger charge is -2.12. The molecule has 0 saturated heterocycles. The molecule has 34 heavy (non-hydrogen) atoms. The predicted molar refractivity (Wildman–Crippen MR) is 125 cm³/mol. The summed E-state index contributed by atoms with van der Waals surface area (Å²) in [6.45, 7) is 0.492. The molecule has 0 aliphatic heterocycles. The predicted octanol–water partition coefficient (Wildman–Crippen LogP) is 7.14. The van der Waals surface area contributed by atoms with E-state index >= 15 is 0 Å². The molecule has 0 bridgehead atoms. The van der Waals surface area contributed by atoms with E-state index in [-0.39, 0.29) is 5.75 Å². The molecule has 0 atom stereocenters. The molecule has 4 nitrogen and oxygen atoms in total. The number of carboxylic acids is 1. The molecule has 3 aromatic rings. The molecule has 0 aromatic heterocycles. The molecule has 3 rings (SSSR count). The van der Waals surface area contributed by atoms with Gasteiger partial charge in [0.2, 0.25) is 0 Å². The summed E-state index contributed by atoms with van der Waals surface area (Å²) >= 11 is 0. The van der Waals surface area contributed by atoms with Crippen molar-refractivity contribution in [3.63, 3.8) is 0 Å². The number of aryl methyl sites for hydroxylation is 1. The Labute approximate surface area is 196 Å². The van der Waals surface area contributed by atoms with Crippen molar-refractivity contribution >= 4 is 12.0 Å². The third-order valence-electron chi connectivity index (χ3n) is 5.05. The molecule has 0 unspecified atom stereocenters. The quantitative estimate of drug-likeness (QED) is 0.239. The molecule has 1 N–H and O–H groups in total. The van der Waals surface area contributed by atoms with Gasteiger partial charge in [0, 0.05) is 11.6 Å². The molecule has 0 amide bonds. The molecule has 3 aromatic carbocycles. The lowest BCUT2D eigenvalue weighted by molar-refractivity contribution is -0.274. The van der Waals surface area contributed by atoms with Gasteiger partial charge in [-0.25, -0.2) is 4.79 Å². The van der Waals surface area contributed by atoms with Crippen LogP contribution in [-0.2, 0) is 11.2 Å². The molecule has 0 radical (unpaired) electrons. The van der Waals surface area contributed by atoms with Crippen LogP contribution >= 0.6 is 0 Å². The summed E-state index contributed by atoms with van der Waals surface area (Å²) in [4.78, 5) is 11.0. The summed E-state index contributed by atoms with van der Waals surface area (Å²) < 4.78 is 46.9. The van der Waals surface area contributed by atoms with Crippen LogP contribution in [0.4, 0.5) is 13.2 Å². The van der Waals surface area contributed by atoms with Gasteiger partial charge >= 0.3 is 12.3 Å². The smallest absolute Gasteiger partial charge is 0.493 e. The van der Waals surface area contributed by atoms with Gasteiger partial charge in [-0.3, -0.25) is 0 Å². The van der Waals surface area contributed by atoms with E-state index in [2.05, 4.69) is 16.9 Å². The fourth-order valence-corrected chi connectivity index (χ4v) is 3.43. The van der Waals surface area contributed by atoms with Gasteiger partial charge in [0.05, 0.1) is 6.61 Å². The molecule has 0 aliphatic rings. The SMILES string of the molecule is O=C(O)C=Cc1cc(-c2ccc(OC(F)(F)F)cc2)ccc1OCCCCCc1ccccc1. The number of ether oxygens (including phenoxy) is 2. The first kappa shape index (κ1) is 24.9. The zero-order valence-corrected chi connectivity index (χ0v) is 18.4. The van der Waals surface area contributed by atoms with Crippen LogP contribution in [0.1, 0.15) is 30.4 Å². The summed E-state index contributed by atoms with van der Waals surface area (Å²) in [5.41, 5.74) is 3.24. The Kier molecular flexibility index (Phi) is 8.73. The number of hydrogen-bond acceptors (Lipinski definition) is 3.